The summed E-state index contributed by atoms with van der Waals surface area (Å²) in [7, 11) is -3.82. The third-order valence-corrected chi connectivity index (χ3v) is 9.76. The summed E-state index contributed by atoms with van der Waals surface area (Å²) in [4.78, 5) is 42.7. The second kappa shape index (κ2) is 10.2. The minimum absolute atomic E-state index is 0.0210. The van der Waals surface area contributed by atoms with Crippen LogP contribution in [-0.2, 0) is 21.1 Å². The van der Waals surface area contributed by atoms with Crippen LogP contribution in [0.15, 0.2) is 46.9 Å². The zero-order chi connectivity index (χ0) is 29.8. The van der Waals surface area contributed by atoms with Crippen molar-refractivity contribution in [1.29, 1.82) is 0 Å². The lowest BCUT2D eigenvalue weighted by Crippen LogP contribution is -2.45. The summed E-state index contributed by atoms with van der Waals surface area (Å²) in [5, 5.41) is 11.4. The first-order valence-electron chi connectivity index (χ1n) is 13.0. The maximum absolute atomic E-state index is 13.6. The van der Waals surface area contributed by atoms with Gasteiger partial charge in [0.15, 0.2) is 15.1 Å². The highest BCUT2D eigenvalue weighted by Gasteiger charge is 2.44. The maximum Gasteiger partial charge on any atom is 0.322 e. The first kappa shape index (κ1) is 27.9. The van der Waals surface area contributed by atoms with Gasteiger partial charge in [0.2, 0.25) is 11.8 Å². The number of benzene rings is 2. The third-order valence-electron chi connectivity index (χ3n) is 7.25. The third kappa shape index (κ3) is 5.25. The Balaban J connectivity index is 1.29. The molecular weight excluding hydrogens is 587 g/mol. The van der Waals surface area contributed by atoms with Crippen LogP contribution in [0.5, 0.6) is 0 Å². The van der Waals surface area contributed by atoms with E-state index in [-0.39, 0.29) is 35.7 Å². The number of nitrogens with zero attached hydrogens (tertiary/aromatic N) is 4. The second-order valence-corrected chi connectivity index (χ2v) is 13.8. The summed E-state index contributed by atoms with van der Waals surface area (Å²) >= 11 is 1.15. The highest BCUT2D eigenvalue weighted by Crippen LogP contribution is 2.37. The number of imide groups is 1. The van der Waals surface area contributed by atoms with E-state index in [0.717, 1.165) is 28.7 Å². The van der Waals surface area contributed by atoms with Crippen LogP contribution in [0.2, 0.25) is 0 Å². The number of alkyl halides is 1. The van der Waals surface area contributed by atoms with E-state index < -0.39 is 38.7 Å². The monoisotopic (exact) mass is 612 g/mol. The number of carbonyl (C=O) groups is 3. The van der Waals surface area contributed by atoms with Gasteiger partial charge in [-0.2, -0.15) is 0 Å². The summed E-state index contributed by atoms with van der Waals surface area (Å²) in [5.74, 6) is -1.01. The minimum Gasteiger partial charge on any atom is -0.423 e. The number of nitrogens with one attached hydrogen (secondary N) is 2. The molecule has 0 saturated carbocycles. The first-order chi connectivity index (χ1) is 19.9. The number of urea groups is 1. The van der Waals surface area contributed by atoms with Crippen LogP contribution in [0.3, 0.4) is 0 Å². The van der Waals surface area contributed by atoms with Crippen molar-refractivity contribution in [2.24, 2.45) is 0 Å². The molecule has 42 heavy (non-hydrogen) atoms. The van der Waals surface area contributed by atoms with Gasteiger partial charge in [0.05, 0.1) is 23.2 Å². The topological polar surface area (TPSA) is 164 Å². The van der Waals surface area contributed by atoms with E-state index in [9.17, 15) is 27.2 Å². The van der Waals surface area contributed by atoms with Gasteiger partial charge in [-0.05, 0) is 48.7 Å². The molecular formula is C27H25FN6O6S2. The van der Waals surface area contributed by atoms with Gasteiger partial charge in [-0.15, -0.1) is 21.5 Å². The molecule has 2 N–H and O–H groups in total. The predicted octanol–water partition coefficient (Wildman–Crippen LogP) is 2.80. The lowest BCUT2D eigenvalue weighted by molar-refractivity contribution is -0.123. The number of hydrogen-bond donors (Lipinski definition) is 2. The van der Waals surface area contributed by atoms with Gasteiger partial charge in [-0.25, -0.2) is 22.6 Å². The van der Waals surface area contributed by atoms with Crippen molar-refractivity contribution >= 4 is 49.2 Å². The number of aromatic nitrogens is 3. The summed E-state index contributed by atoms with van der Waals surface area (Å²) in [6.45, 7) is 1.97. The smallest absolute Gasteiger partial charge is 0.322 e. The molecule has 2 unspecified atom stereocenters. The molecule has 4 heterocycles. The normalized spacial score (nSPS) is 21.5. The van der Waals surface area contributed by atoms with Gasteiger partial charge < -0.3 is 14.6 Å². The van der Waals surface area contributed by atoms with Crippen molar-refractivity contribution in [1.82, 2.24) is 30.7 Å². The van der Waals surface area contributed by atoms with Crippen LogP contribution in [-0.4, -0.2) is 77.4 Å². The number of rotatable bonds is 7. The Kier molecular flexibility index (Phi) is 6.80. The van der Waals surface area contributed by atoms with Gasteiger partial charge >= 0.3 is 6.03 Å². The van der Waals surface area contributed by atoms with Crippen LogP contribution in [0.25, 0.3) is 21.3 Å². The van der Waals surface area contributed by atoms with Gasteiger partial charge in [-0.3, -0.25) is 14.9 Å². The fourth-order valence-electron chi connectivity index (χ4n) is 5.07. The van der Waals surface area contributed by atoms with Gasteiger partial charge in [0.25, 0.3) is 11.8 Å². The van der Waals surface area contributed by atoms with Crippen LogP contribution in [0.1, 0.15) is 45.7 Å². The number of thiazole rings is 1. The average molecular weight is 613 g/mol. The van der Waals surface area contributed by atoms with Crippen LogP contribution in [0.4, 0.5) is 9.18 Å². The molecule has 0 radical (unpaired) electrons. The van der Waals surface area contributed by atoms with E-state index in [1.807, 2.05) is 18.2 Å². The molecule has 2 saturated heterocycles. The molecule has 2 aromatic heterocycles. The van der Waals surface area contributed by atoms with Crippen molar-refractivity contribution in [2.45, 2.75) is 36.7 Å². The van der Waals surface area contributed by atoms with Crippen molar-refractivity contribution < 1.29 is 31.6 Å². The van der Waals surface area contributed by atoms with Crippen LogP contribution < -0.4 is 10.6 Å². The SMILES string of the molecule is CC1(Cc2nnc(C(c3nc4ccc(-c5cccc(C(=O)N6CC[C@H](F)C6)c5)cc4s3)S(C)(=O)=O)o2)NC(=O)NC1=O. The Bertz CT molecular complexity index is 1860. The standard InChI is InChI=1S/C27H25FN6O6S2/c1-27(25(36)30-26(37)31-27)12-20-32-33-22(40-20)21(42(2,38)39)23-29-18-7-6-15(11-19(18)41-23)14-4-3-5-16(10-14)24(35)34-9-8-17(28)13-34/h3-7,10-11,17,21H,8-9,12-13H2,1-2H3,(H2,30,31,36,37)/t17-,21?,27?/m0/s1. The van der Waals surface area contributed by atoms with Crippen molar-refractivity contribution in [3.05, 3.63) is 64.8 Å². The molecule has 4 aromatic rings. The number of sulfone groups is 1. The van der Waals surface area contributed by atoms with E-state index in [2.05, 4.69) is 25.8 Å². The Morgan fingerprint density at radius 1 is 1.21 bits per heavy atom. The molecule has 2 aliphatic heterocycles. The van der Waals surface area contributed by atoms with Crippen LogP contribution in [0, 0.1) is 0 Å². The molecule has 3 atom stereocenters. The Hall–Kier alpha value is -4.24. The minimum atomic E-state index is -3.82. The molecule has 2 aliphatic rings. The van der Waals surface area contributed by atoms with Crippen molar-refractivity contribution in [2.75, 3.05) is 19.3 Å². The molecule has 0 bridgehead atoms. The number of likely N-dealkylation sites (tertiary alicyclic amines) is 1. The zero-order valence-electron chi connectivity index (χ0n) is 22.5. The average Bonchev–Trinajstić information content (AvgIpc) is 3.70. The van der Waals surface area contributed by atoms with E-state index in [0.29, 0.717) is 28.7 Å². The summed E-state index contributed by atoms with van der Waals surface area (Å²) in [6.07, 6.45) is 0.239. The quantitative estimate of drug-likeness (QED) is 0.299. The summed E-state index contributed by atoms with van der Waals surface area (Å²) in [6, 6.07) is 11.9. The van der Waals surface area contributed by atoms with E-state index >= 15 is 0 Å². The summed E-state index contributed by atoms with van der Waals surface area (Å²) < 4.78 is 45.8. The molecule has 0 aliphatic carbocycles. The maximum atomic E-state index is 13.6. The number of halogens is 1. The van der Waals surface area contributed by atoms with Crippen molar-refractivity contribution in [3.8, 4) is 11.1 Å². The number of carbonyl (C=O) groups excluding carboxylic acids is 3. The van der Waals surface area contributed by atoms with Gasteiger partial charge in [-0.1, -0.05) is 18.2 Å². The summed E-state index contributed by atoms with van der Waals surface area (Å²) in [5.41, 5.74) is 1.26. The molecule has 6 rings (SSSR count). The van der Waals surface area contributed by atoms with Gasteiger partial charge in [0, 0.05) is 18.4 Å². The van der Waals surface area contributed by atoms with E-state index in [4.69, 9.17) is 4.42 Å². The highest BCUT2D eigenvalue weighted by atomic mass is 32.2. The number of amides is 4. The zero-order valence-corrected chi connectivity index (χ0v) is 24.1. The van der Waals surface area contributed by atoms with Crippen LogP contribution >= 0.6 is 11.3 Å². The molecule has 15 heteroatoms. The largest absolute Gasteiger partial charge is 0.423 e. The fourth-order valence-corrected chi connectivity index (χ4v) is 7.60. The molecule has 12 nitrogen and oxygen atoms in total. The lowest BCUT2D eigenvalue weighted by atomic mass is 9.98. The molecule has 0 spiro atoms. The Morgan fingerprint density at radius 3 is 2.69 bits per heavy atom. The lowest BCUT2D eigenvalue weighted by Gasteiger charge is -2.17. The number of hydrogen-bond acceptors (Lipinski definition) is 10. The predicted molar refractivity (Wildman–Crippen MR) is 150 cm³/mol. The van der Waals surface area contributed by atoms with E-state index in [1.165, 1.54) is 11.8 Å². The van der Waals surface area contributed by atoms with Gasteiger partial charge in [0.1, 0.15) is 16.7 Å². The highest BCUT2D eigenvalue weighted by molar-refractivity contribution is 7.91. The fraction of sp³-hybridized carbons (Fsp3) is 0.333. The van der Waals surface area contributed by atoms with E-state index in [1.54, 1.807) is 24.3 Å². The molecule has 218 valence electrons. The second-order valence-electron chi connectivity index (χ2n) is 10.6. The first-order valence-corrected chi connectivity index (χ1v) is 15.8. The molecule has 2 aromatic carbocycles. The number of fused-ring (bicyclic) bond motifs is 1. The Labute approximate surface area is 243 Å². The molecule has 2 fully saturated rings. The van der Waals surface area contributed by atoms with Crippen molar-refractivity contribution in [3.63, 3.8) is 0 Å². The Morgan fingerprint density at radius 2 is 2.00 bits per heavy atom. The molecule has 4 amide bonds.